The van der Waals surface area contributed by atoms with Gasteiger partial charge in [-0.15, -0.1) is 0 Å². The Hall–Kier alpha value is -4.07. The highest BCUT2D eigenvalue weighted by molar-refractivity contribution is 5.85. The lowest BCUT2D eigenvalue weighted by Crippen LogP contribution is -2.05. The van der Waals surface area contributed by atoms with E-state index in [1.165, 1.54) is 0 Å². The lowest BCUT2D eigenvalue weighted by molar-refractivity contribution is 0.534. The predicted octanol–water partition coefficient (Wildman–Crippen LogP) is 4.47. The van der Waals surface area contributed by atoms with E-state index in [1.807, 2.05) is 53.6 Å². The number of nitrogens with zero attached hydrogens (tertiary/aromatic N) is 6. The third-order valence-electron chi connectivity index (χ3n) is 5.02. The number of aromatic nitrogens is 7. The summed E-state index contributed by atoms with van der Waals surface area (Å²) in [6.45, 7) is 4.76. The van der Waals surface area contributed by atoms with Crippen molar-refractivity contribution in [3.63, 3.8) is 0 Å². The molecule has 0 aliphatic heterocycles. The molecule has 0 saturated carbocycles. The molecule has 0 atom stereocenters. The summed E-state index contributed by atoms with van der Waals surface area (Å²) in [7, 11) is 0. The zero-order valence-electron chi connectivity index (χ0n) is 17.3. The quantitative estimate of drug-likeness (QED) is 0.429. The van der Waals surface area contributed by atoms with E-state index in [-0.39, 0.29) is 6.04 Å². The molecule has 5 rings (SSSR count). The molecule has 154 valence electrons. The smallest absolute Gasteiger partial charge is 0.223 e. The lowest BCUT2D eigenvalue weighted by Gasteiger charge is -2.07. The number of rotatable bonds is 6. The molecule has 0 unspecified atom stereocenters. The average Bonchev–Trinajstić information content (AvgIpc) is 3.45. The van der Waals surface area contributed by atoms with E-state index in [0.717, 1.165) is 39.2 Å². The van der Waals surface area contributed by atoms with E-state index in [9.17, 15) is 0 Å². The first kappa shape index (κ1) is 18.9. The number of hydrogen-bond donors (Lipinski definition) is 2. The van der Waals surface area contributed by atoms with Crippen LogP contribution in [-0.4, -0.2) is 34.7 Å². The Morgan fingerprint density at radius 1 is 1.06 bits per heavy atom. The van der Waals surface area contributed by atoms with E-state index < -0.39 is 0 Å². The van der Waals surface area contributed by atoms with Gasteiger partial charge in [-0.2, -0.15) is 5.10 Å². The standard InChI is InChI=1S/C23H22N8/c1-15(2)31-14-19(21(30-31)17-11-16-6-9-25-22(16)27-12-17)20-7-10-26-23(29-20)28-13-18-5-3-4-8-24-18/h3-12,14-15H,13H2,1-2H3,(H,25,27)(H,26,28,29). The summed E-state index contributed by atoms with van der Waals surface area (Å²) < 4.78 is 1.95. The molecule has 8 heteroatoms. The van der Waals surface area contributed by atoms with Crippen LogP contribution < -0.4 is 5.32 Å². The Morgan fingerprint density at radius 3 is 2.84 bits per heavy atom. The van der Waals surface area contributed by atoms with Crippen molar-refractivity contribution in [2.45, 2.75) is 26.4 Å². The van der Waals surface area contributed by atoms with Gasteiger partial charge in [0.15, 0.2) is 0 Å². The van der Waals surface area contributed by atoms with Crippen molar-refractivity contribution in [1.29, 1.82) is 0 Å². The number of aromatic amines is 1. The summed E-state index contributed by atoms with van der Waals surface area (Å²) in [5.41, 5.74) is 5.32. The van der Waals surface area contributed by atoms with Crippen molar-refractivity contribution in [1.82, 2.24) is 34.7 Å². The molecule has 5 aromatic heterocycles. The van der Waals surface area contributed by atoms with Crippen LogP contribution in [0.5, 0.6) is 0 Å². The van der Waals surface area contributed by atoms with Gasteiger partial charge < -0.3 is 10.3 Å². The molecule has 0 saturated heterocycles. The van der Waals surface area contributed by atoms with Crippen LogP contribution in [0.2, 0.25) is 0 Å². The van der Waals surface area contributed by atoms with Crippen LogP contribution in [0, 0.1) is 0 Å². The molecular formula is C23H22N8. The maximum absolute atomic E-state index is 4.85. The second-order valence-electron chi connectivity index (χ2n) is 7.54. The third-order valence-corrected chi connectivity index (χ3v) is 5.02. The van der Waals surface area contributed by atoms with Gasteiger partial charge in [0.2, 0.25) is 5.95 Å². The van der Waals surface area contributed by atoms with Crippen LogP contribution in [-0.2, 0) is 6.54 Å². The van der Waals surface area contributed by atoms with Gasteiger partial charge in [-0.25, -0.2) is 15.0 Å². The third kappa shape index (κ3) is 3.87. The first-order chi connectivity index (χ1) is 15.2. The van der Waals surface area contributed by atoms with Gasteiger partial charge in [-0.3, -0.25) is 9.67 Å². The molecule has 0 aliphatic rings. The van der Waals surface area contributed by atoms with Crippen LogP contribution in [0.4, 0.5) is 5.95 Å². The van der Waals surface area contributed by atoms with Crippen molar-refractivity contribution >= 4 is 17.0 Å². The summed E-state index contributed by atoms with van der Waals surface area (Å²) >= 11 is 0. The summed E-state index contributed by atoms with van der Waals surface area (Å²) in [6, 6.07) is 12.1. The van der Waals surface area contributed by atoms with Crippen molar-refractivity contribution < 1.29 is 0 Å². The molecule has 0 fully saturated rings. The Morgan fingerprint density at radius 2 is 2.00 bits per heavy atom. The van der Waals surface area contributed by atoms with E-state index in [1.54, 1.807) is 12.4 Å². The van der Waals surface area contributed by atoms with Crippen molar-refractivity contribution in [2.24, 2.45) is 0 Å². The number of H-pyrrole nitrogens is 1. The first-order valence-electron chi connectivity index (χ1n) is 10.2. The fourth-order valence-corrected chi connectivity index (χ4v) is 3.39. The Balaban J connectivity index is 1.52. The average molecular weight is 410 g/mol. The number of nitrogens with one attached hydrogen (secondary N) is 2. The SMILES string of the molecule is CC(C)n1cc(-c2ccnc(NCc3ccccn3)n2)c(-c2cnc3[nH]ccc3c2)n1. The van der Waals surface area contributed by atoms with Gasteiger partial charge in [-0.1, -0.05) is 6.07 Å². The zero-order valence-corrected chi connectivity index (χ0v) is 17.3. The second-order valence-corrected chi connectivity index (χ2v) is 7.54. The summed E-state index contributed by atoms with van der Waals surface area (Å²) in [5, 5.41) is 9.14. The predicted molar refractivity (Wildman–Crippen MR) is 120 cm³/mol. The number of pyridine rings is 2. The van der Waals surface area contributed by atoms with Crippen molar-refractivity contribution in [3.05, 3.63) is 73.1 Å². The largest absolute Gasteiger partial charge is 0.349 e. The maximum Gasteiger partial charge on any atom is 0.223 e. The van der Waals surface area contributed by atoms with E-state index >= 15 is 0 Å². The molecule has 0 aliphatic carbocycles. The second kappa shape index (κ2) is 7.98. The summed E-state index contributed by atoms with van der Waals surface area (Å²) in [6.07, 6.45) is 9.30. The van der Waals surface area contributed by atoms with Crippen molar-refractivity contribution in [3.8, 4) is 22.5 Å². The highest BCUT2D eigenvalue weighted by atomic mass is 15.3. The molecule has 5 heterocycles. The van der Waals surface area contributed by atoms with Crippen LogP contribution in [0.25, 0.3) is 33.5 Å². The van der Waals surface area contributed by atoms with Crippen LogP contribution in [0.1, 0.15) is 25.6 Å². The highest BCUT2D eigenvalue weighted by Crippen LogP contribution is 2.32. The van der Waals surface area contributed by atoms with Crippen LogP contribution >= 0.6 is 0 Å². The molecule has 5 aromatic rings. The fraction of sp³-hybridized carbons (Fsp3) is 0.174. The molecule has 0 aromatic carbocycles. The molecule has 8 nitrogen and oxygen atoms in total. The minimum atomic E-state index is 0.222. The minimum Gasteiger partial charge on any atom is -0.349 e. The molecule has 0 spiro atoms. The molecule has 2 N–H and O–H groups in total. The van der Waals surface area contributed by atoms with Crippen LogP contribution in [0.3, 0.4) is 0 Å². The number of hydrogen-bond acceptors (Lipinski definition) is 6. The fourth-order valence-electron chi connectivity index (χ4n) is 3.39. The summed E-state index contributed by atoms with van der Waals surface area (Å²) in [5.74, 6) is 0.547. The van der Waals surface area contributed by atoms with Gasteiger partial charge in [0.05, 0.1) is 17.9 Å². The molecule has 31 heavy (non-hydrogen) atoms. The number of fused-ring (bicyclic) bond motifs is 1. The monoisotopic (exact) mass is 410 g/mol. The Bertz CT molecular complexity index is 1320. The van der Waals surface area contributed by atoms with Crippen LogP contribution in [0.15, 0.2) is 67.4 Å². The lowest BCUT2D eigenvalue weighted by atomic mass is 10.1. The van der Waals surface area contributed by atoms with Gasteiger partial charge in [0.1, 0.15) is 11.3 Å². The maximum atomic E-state index is 4.85. The Kier molecular flexibility index (Phi) is 4.87. The van der Waals surface area contributed by atoms with Gasteiger partial charge >= 0.3 is 0 Å². The Labute approximate surface area is 179 Å². The molecular weight excluding hydrogens is 388 g/mol. The highest BCUT2D eigenvalue weighted by Gasteiger charge is 2.17. The zero-order chi connectivity index (χ0) is 21.2. The van der Waals surface area contributed by atoms with Gasteiger partial charge in [0, 0.05) is 53.5 Å². The molecule has 0 amide bonds. The molecule has 0 radical (unpaired) electrons. The van der Waals surface area contributed by atoms with E-state index in [2.05, 4.69) is 45.2 Å². The first-order valence-corrected chi connectivity index (χ1v) is 10.2. The topological polar surface area (TPSA) is 97.2 Å². The summed E-state index contributed by atoms with van der Waals surface area (Å²) in [4.78, 5) is 21.1. The minimum absolute atomic E-state index is 0.222. The number of anilines is 1. The van der Waals surface area contributed by atoms with Gasteiger partial charge in [0.25, 0.3) is 0 Å². The molecule has 0 bridgehead atoms. The van der Waals surface area contributed by atoms with E-state index in [4.69, 9.17) is 10.1 Å². The van der Waals surface area contributed by atoms with Gasteiger partial charge in [-0.05, 0) is 44.2 Å². The van der Waals surface area contributed by atoms with E-state index in [0.29, 0.717) is 12.5 Å². The van der Waals surface area contributed by atoms with Crippen molar-refractivity contribution in [2.75, 3.05) is 5.32 Å². The normalized spacial score (nSPS) is 11.3.